The van der Waals surface area contributed by atoms with Crippen molar-refractivity contribution in [3.05, 3.63) is 79.8 Å². The van der Waals surface area contributed by atoms with Gasteiger partial charge < -0.3 is 9.84 Å². The Labute approximate surface area is 170 Å². The number of aromatic amines is 1. The molecule has 2 N–H and O–H groups in total. The molecular formula is C20H18N4O6. The van der Waals surface area contributed by atoms with Crippen LogP contribution in [-0.2, 0) is 4.74 Å². The van der Waals surface area contributed by atoms with Crippen LogP contribution in [0.25, 0.3) is 5.69 Å². The average molecular weight is 410 g/mol. The molecule has 0 aliphatic heterocycles. The number of aliphatic imine (C=N–C) groups is 1. The number of nitro benzene ring substituents is 1. The van der Waals surface area contributed by atoms with E-state index in [9.17, 15) is 24.8 Å². The Balaban J connectivity index is 2.10. The Morgan fingerprint density at radius 1 is 1.30 bits per heavy atom. The average Bonchev–Trinajstić information content (AvgIpc) is 3.05. The van der Waals surface area contributed by atoms with Crippen molar-refractivity contribution >= 4 is 23.6 Å². The first kappa shape index (κ1) is 20.5. The van der Waals surface area contributed by atoms with Gasteiger partial charge in [0.25, 0.3) is 11.2 Å². The number of ether oxygens (including phenoxy) is 1. The Hall–Kier alpha value is -4.21. The highest BCUT2D eigenvalue weighted by Gasteiger charge is 2.21. The van der Waals surface area contributed by atoms with E-state index in [2.05, 4.69) is 10.1 Å². The molecule has 0 radical (unpaired) electrons. The highest BCUT2D eigenvalue weighted by molar-refractivity contribution is 5.98. The van der Waals surface area contributed by atoms with E-state index in [-0.39, 0.29) is 40.7 Å². The second-order valence-electron chi connectivity index (χ2n) is 6.29. The van der Waals surface area contributed by atoms with E-state index in [0.717, 1.165) is 10.2 Å². The monoisotopic (exact) mass is 410 g/mol. The summed E-state index contributed by atoms with van der Waals surface area (Å²) in [6, 6.07) is 10.0. The van der Waals surface area contributed by atoms with Crippen LogP contribution in [-0.4, -0.2) is 38.6 Å². The zero-order valence-corrected chi connectivity index (χ0v) is 16.2. The van der Waals surface area contributed by atoms with E-state index >= 15 is 0 Å². The molecule has 3 aromatic rings. The van der Waals surface area contributed by atoms with Crippen LogP contribution in [0.1, 0.15) is 28.5 Å². The lowest BCUT2D eigenvalue weighted by atomic mass is 10.2. The molecule has 2 aromatic carbocycles. The zero-order chi connectivity index (χ0) is 21.8. The predicted molar refractivity (Wildman–Crippen MR) is 109 cm³/mol. The van der Waals surface area contributed by atoms with Crippen molar-refractivity contribution in [2.45, 2.75) is 13.8 Å². The topological polar surface area (TPSA) is 140 Å². The maximum absolute atomic E-state index is 12.9. The van der Waals surface area contributed by atoms with Gasteiger partial charge in [0.05, 0.1) is 22.8 Å². The van der Waals surface area contributed by atoms with E-state index < -0.39 is 16.5 Å². The van der Waals surface area contributed by atoms with Gasteiger partial charge in [0.2, 0.25) is 0 Å². The minimum atomic E-state index is -0.759. The maximum Gasteiger partial charge on any atom is 0.357 e. The van der Waals surface area contributed by atoms with E-state index in [1.807, 2.05) is 6.92 Å². The lowest BCUT2D eigenvalue weighted by molar-refractivity contribution is -0.384. The van der Waals surface area contributed by atoms with Gasteiger partial charge in [0, 0.05) is 18.3 Å². The van der Waals surface area contributed by atoms with Crippen LogP contribution >= 0.6 is 0 Å². The van der Waals surface area contributed by atoms with Crippen molar-refractivity contribution < 1.29 is 19.6 Å². The molecule has 0 aliphatic rings. The number of carbonyl (C=O) groups is 1. The van der Waals surface area contributed by atoms with E-state index in [1.54, 1.807) is 19.1 Å². The molecule has 0 atom stereocenters. The molecule has 10 heteroatoms. The van der Waals surface area contributed by atoms with Crippen LogP contribution in [0, 0.1) is 17.0 Å². The first-order chi connectivity index (χ1) is 14.3. The fourth-order valence-electron chi connectivity index (χ4n) is 2.71. The van der Waals surface area contributed by atoms with E-state index in [4.69, 9.17) is 4.74 Å². The molecular weight excluding hydrogens is 392 g/mol. The molecule has 0 spiro atoms. The number of rotatable bonds is 6. The van der Waals surface area contributed by atoms with Crippen molar-refractivity contribution in [2.24, 2.45) is 4.99 Å². The summed E-state index contributed by atoms with van der Waals surface area (Å²) >= 11 is 0. The summed E-state index contributed by atoms with van der Waals surface area (Å²) in [4.78, 5) is 39.7. The number of nitro groups is 1. The number of phenolic OH excluding ortho intramolecular Hbond substituents is 1. The van der Waals surface area contributed by atoms with Crippen molar-refractivity contribution in [3.63, 3.8) is 0 Å². The number of esters is 1. The van der Waals surface area contributed by atoms with Gasteiger partial charge in [0.15, 0.2) is 5.69 Å². The number of hydrogen-bond acceptors (Lipinski definition) is 7. The number of aromatic nitrogens is 2. The van der Waals surface area contributed by atoms with Gasteiger partial charge >= 0.3 is 5.97 Å². The summed E-state index contributed by atoms with van der Waals surface area (Å²) in [5, 5.41) is 23.5. The van der Waals surface area contributed by atoms with Crippen molar-refractivity contribution in [1.82, 2.24) is 9.78 Å². The molecule has 0 aliphatic carbocycles. The smallest absolute Gasteiger partial charge is 0.357 e. The molecule has 0 saturated heterocycles. The number of phenols is 1. The minimum Gasteiger partial charge on any atom is -0.506 e. The van der Waals surface area contributed by atoms with Gasteiger partial charge in [-0.25, -0.2) is 9.48 Å². The normalized spacial score (nSPS) is 11.0. The number of benzene rings is 2. The highest BCUT2D eigenvalue weighted by atomic mass is 16.6. The van der Waals surface area contributed by atoms with Crippen LogP contribution in [0.2, 0.25) is 0 Å². The summed E-state index contributed by atoms with van der Waals surface area (Å²) in [7, 11) is 0. The van der Waals surface area contributed by atoms with Gasteiger partial charge in [-0.1, -0.05) is 6.07 Å². The number of hydrogen-bond donors (Lipinski definition) is 2. The summed E-state index contributed by atoms with van der Waals surface area (Å²) < 4.78 is 6.06. The fraction of sp³-hybridized carbons (Fsp3) is 0.150. The Bertz CT molecular complexity index is 1190. The molecule has 0 unspecified atom stereocenters. The lowest BCUT2D eigenvalue weighted by Gasteiger charge is -2.02. The van der Waals surface area contributed by atoms with Crippen LogP contribution in [0.3, 0.4) is 0 Å². The predicted octanol–water partition coefficient (Wildman–Crippen LogP) is 3.02. The Kier molecular flexibility index (Phi) is 5.77. The third kappa shape index (κ3) is 4.12. The molecule has 0 saturated carbocycles. The van der Waals surface area contributed by atoms with Gasteiger partial charge in [-0.2, -0.15) is 0 Å². The van der Waals surface area contributed by atoms with Gasteiger partial charge in [-0.3, -0.25) is 25.0 Å². The van der Waals surface area contributed by atoms with Crippen LogP contribution in [0.4, 0.5) is 11.4 Å². The molecule has 3 rings (SSSR count). The number of aryl methyl sites for hydroxylation is 1. The molecule has 0 amide bonds. The van der Waals surface area contributed by atoms with Crippen LogP contribution in [0.5, 0.6) is 5.75 Å². The quantitative estimate of drug-likeness (QED) is 0.277. The second-order valence-corrected chi connectivity index (χ2v) is 6.29. The molecule has 1 heterocycles. The minimum absolute atomic E-state index is 0.0762. The Morgan fingerprint density at radius 3 is 2.63 bits per heavy atom. The highest BCUT2D eigenvalue weighted by Crippen LogP contribution is 2.26. The van der Waals surface area contributed by atoms with Gasteiger partial charge in [-0.05, 0) is 43.7 Å². The molecule has 0 fully saturated rings. The molecule has 10 nitrogen and oxygen atoms in total. The van der Waals surface area contributed by atoms with Crippen molar-refractivity contribution in [2.75, 3.05) is 6.61 Å². The summed E-state index contributed by atoms with van der Waals surface area (Å²) in [5.41, 5.74) is 0.414. The lowest BCUT2D eigenvalue weighted by Crippen LogP contribution is -2.17. The third-order valence-electron chi connectivity index (χ3n) is 4.19. The second kappa shape index (κ2) is 8.43. The van der Waals surface area contributed by atoms with Gasteiger partial charge in [-0.15, -0.1) is 0 Å². The molecule has 0 bridgehead atoms. The summed E-state index contributed by atoms with van der Waals surface area (Å²) in [6.45, 7) is 3.54. The number of nitrogens with one attached hydrogen (secondary N) is 1. The maximum atomic E-state index is 12.9. The van der Waals surface area contributed by atoms with E-state index in [1.165, 1.54) is 36.5 Å². The third-order valence-corrected chi connectivity index (χ3v) is 4.19. The number of non-ortho nitro benzene ring substituents is 1. The first-order valence-electron chi connectivity index (χ1n) is 8.92. The van der Waals surface area contributed by atoms with Gasteiger partial charge in [0.1, 0.15) is 11.4 Å². The van der Waals surface area contributed by atoms with E-state index in [0.29, 0.717) is 0 Å². The largest absolute Gasteiger partial charge is 0.506 e. The first-order valence-corrected chi connectivity index (χ1v) is 8.92. The standard InChI is InChI=1S/C20H18N4O6/c1-3-30-20(27)18-15(11-21-16-10-12(2)4-9-17(16)25)19(26)23(22-18)13-5-7-14(8-6-13)24(28)29/h4-11,22,25H,3H2,1-2H3. The van der Waals surface area contributed by atoms with Crippen LogP contribution < -0.4 is 5.56 Å². The molecule has 154 valence electrons. The number of H-pyrrole nitrogens is 1. The van der Waals surface area contributed by atoms with Crippen LogP contribution in [0.15, 0.2) is 52.3 Å². The molecule has 30 heavy (non-hydrogen) atoms. The summed E-state index contributed by atoms with van der Waals surface area (Å²) in [6.07, 6.45) is 1.17. The number of carbonyl (C=O) groups excluding carboxylic acids is 1. The number of aromatic hydroxyl groups is 1. The molecule has 1 aromatic heterocycles. The van der Waals surface area contributed by atoms with Crippen molar-refractivity contribution in [3.8, 4) is 11.4 Å². The Morgan fingerprint density at radius 2 is 2.00 bits per heavy atom. The fourth-order valence-corrected chi connectivity index (χ4v) is 2.71. The number of nitrogens with zero attached hydrogens (tertiary/aromatic N) is 3. The van der Waals surface area contributed by atoms with Crippen molar-refractivity contribution in [1.29, 1.82) is 0 Å². The zero-order valence-electron chi connectivity index (χ0n) is 16.2. The summed E-state index contributed by atoms with van der Waals surface area (Å²) in [5.74, 6) is -0.842. The SMILES string of the molecule is CCOC(=O)c1[nH]n(-c2ccc([N+](=O)[O-])cc2)c(=O)c1C=Nc1cc(C)ccc1O.